The normalized spacial score (nSPS) is 22.6. The third-order valence-electron chi connectivity index (χ3n) is 3.98. The van der Waals surface area contributed by atoms with E-state index in [0.717, 1.165) is 11.3 Å². The topological polar surface area (TPSA) is 64.8 Å². The number of nitrogens with two attached hydrogens (primary N) is 1. The van der Waals surface area contributed by atoms with Gasteiger partial charge in [0.1, 0.15) is 6.04 Å². The van der Waals surface area contributed by atoms with Crippen LogP contribution in [0.5, 0.6) is 11.5 Å². The number of ether oxygens (including phenoxy) is 2. The van der Waals surface area contributed by atoms with Crippen molar-refractivity contribution in [3.8, 4) is 11.5 Å². The van der Waals surface area contributed by atoms with E-state index < -0.39 is 6.04 Å². The number of nitrogens with zero attached hydrogens (tertiary/aromatic N) is 1. The first-order valence-corrected chi connectivity index (χ1v) is 7.27. The molecule has 2 aromatic rings. The summed E-state index contributed by atoms with van der Waals surface area (Å²) in [7, 11) is 0. The van der Waals surface area contributed by atoms with Crippen molar-refractivity contribution in [2.75, 3.05) is 11.7 Å². The van der Waals surface area contributed by atoms with Crippen molar-refractivity contribution >= 4 is 23.2 Å². The van der Waals surface area contributed by atoms with Crippen LogP contribution in [0.2, 0.25) is 5.02 Å². The van der Waals surface area contributed by atoms with Gasteiger partial charge in [0.15, 0.2) is 11.5 Å². The lowest BCUT2D eigenvalue weighted by atomic mass is 9.88. The van der Waals surface area contributed by atoms with Gasteiger partial charge >= 0.3 is 0 Å². The van der Waals surface area contributed by atoms with Crippen LogP contribution in [-0.2, 0) is 4.79 Å². The molecular formula is C16H13ClN2O3. The fourth-order valence-electron chi connectivity index (χ4n) is 2.85. The van der Waals surface area contributed by atoms with Gasteiger partial charge in [-0.3, -0.25) is 4.79 Å². The zero-order valence-electron chi connectivity index (χ0n) is 11.5. The van der Waals surface area contributed by atoms with Crippen LogP contribution in [0, 0.1) is 0 Å². The van der Waals surface area contributed by atoms with Crippen LogP contribution < -0.4 is 20.1 Å². The molecule has 0 unspecified atom stereocenters. The molecule has 0 aromatic heterocycles. The average Bonchev–Trinajstić information content (AvgIpc) is 3.00. The lowest BCUT2D eigenvalue weighted by Gasteiger charge is -2.45. The molecule has 1 amide bonds. The van der Waals surface area contributed by atoms with Crippen molar-refractivity contribution in [2.24, 2.45) is 5.73 Å². The highest BCUT2D eigenvalue weighted by Crippen LogP contribution is 2.42. The summed E-state index contributed by atoms with van der Waals surface area (Å²) >= 11 is 5.90. The summed E-state index contributed by atoms with van der Waals surface area (Å²) in [6, 6.07) is 12.0. The van der Waals surface area contributed by atoms with Gasteiger partial charge in [-0.05, 0) is 42.0 Å². The van der Waals surface area contributed by atoms with Crippen LogP contribution >= 0.6 is 11.6 Å². The summed E-state index contributed by atoms with van der Waals surface area (Å²) in [4.78, 5) is 13.9. The minimum absolute atomic E-state index is 0.106. The van der Waals surface area contributed by atoms with Crippen molar-refractivity contribution in [3.05, 3.63) is 53.1 Å². The molecule has 1 fully saturated rings. The third-order valence-corrected chi connectivity index (χ3v) is 4.24. The summed E-state index contributed by atoms with van der Waals surface area (Å²) in [5.41, 5.74) is 7.71. The highest BCUT2D eigenvalue weighted by Gasteiger charge is 2.46. The molecule has 2 aliphatic rings. The standard InChI is InChI=1S/C16H13ClN2O3/c17-10-2-4-11(5-3-10)19-15(14(18)16(19)20)9-1-6-12-13(7-9)22-8-21-12/h1-7,14-15H,8,18H2/t14-,15-/m0/s1. The number of halogens is 1. The van der Waals surface area contributed by atoms with Gasteiger partial charge in [0.2, 0.25) is 12.7 Å². The van der Waals surface area contributed by atoms with E-state index in [9.17, 15) is 4.79 Å². The summed E-state index contributed by atoms with van der Waals surface area (Å²) in [6.45, 7) is 0.218. The molecule has 22 heavy (non-hydrogen) atoms. The Morgan fingerprint density at radius 2 is 1.82 bits per heavy atom. The van der Waals surface area contributed by atoms with Crippen molar-refractivity contribution < 1.29 is 14.3 Å². The molecule has 2 aromatic carbocycles. The number of benzene rings is 2. The molecule has 1 saturated heterocycles. The minimum Gasteiger partial charge on any atom is -0.454 e. The predicted octanol–water partition coefficient (Wildman–Crippen LogP) is 2.48. The maximum Gasteiger partial charge on any atom is 0.247 e. The summed E-state index contributed by atoms with van der Waals surface area (Å²) < 4.78 is 10.7. The SMILES string of the molecule is N[C@@H]1C(=O)N(c2ccc(Cl)cc2)[C@H]1c1ccc2c(c1)OCO2. The van der Waals surface area contributed by atoms with Crippen LogP contribution in [0.1, 0.15) is 11.6 Å². The Morgan fingerprint density at radius 1 is 1.09 bits per heavy atom. The van der Waals surface area contributed by atoms with Crippen molar-refractivity contribution in [1.29, 1.82) is 0 Å². The number of rotatable bonds is 2. The smallest absolute Gasteiger partial charge is 0.247 e. The third kappa shape index (κ3) is 1.94. The number of fused-ring (bicyclic) bond motifs is 1. The molecule has 0 aliphatic carbocycles. The Kier molecular flexibility index (Phi) is 2.99. The van der Waals surface area contributed by atoms with Crippen LogP contribution in [-0.4, -0.2) is 18.7 Å². The number of β-lactam (4-membered cyclic amide) rings is 1. The zero-order valence-corrected chi connectivity index (χ0v) is 12.3. The summed E-state index contributed by atoms with van der Waals surface area (Å²) in [6.07, 6.45) is 0. The molecule has 2 heterocycles. The Bertz CT molecular complexity index is 748. The quantitative estimate of drug-likeness (QED) is 0.865. The number of carbonyl (C=O) groups excluding carboxylic acids is 1. The second kappa shape index (κ2) is 4.90. The second-order valence-electron chi connectivity index (χ2n) is 5.27. The molecule has 112 valence electrons. The number of anilines is 1. The Labute approximate surface area is 132 Å². The first-order valence-electron chi connectivity index (χ1n) is 6.89. The van der Waals surface area contributed by atoms with Gasteiger partial charge in [0.25, 0.3) is 0 Å². The van der Waals surface area contributed by atoms with Gasteiger partial charge in [-0.15, -0.1) is 0 Å². The fraction of sp³-hybridized carbons (Fsp3) is 0.188. The van der Waals surface area contributed by atoms with E-state index in [0.29, 0.717) is 16.5 Å². The zero-order chi connectivity index (χ0) is 15.3. The van der Waals surface area contributed by atoms with Gasteiger partial charge in [-0.25, -0.2) is 0 Å². The monoisotopic (exact) mass is 316 g/mol. The van der Waals surface area contributed by atoms with E-state index >= 15 is 0 Å². The Morgan fingerprint density at radius 3 is 2.59 bits per heavy atom. The molecule has 2 N–H and O–H groups in total. The highest BCUT2D eigenvalue weighted by molar-refractivity contribution is 6.30. The van der Waals surface area contributed by atoms with Crippen LogP contribution in [0.25, 0.3) is 0 Å². The van der Waals surface area contributed by atoms with Gasteiger partial charge in [0.05, 0.1) is 6.04 Å². The fourth-order valence-corrected chi connectivity index (χ4v) is 2.98. The second-order valence-corrected chi connectivity index (χ2v) is 5.70. The number of hydrogen-bond acceptors (Lipinski definition) is 4. The first-order chi connectivity index (χ1) is 10.6. The maximum absolute atomic E-state index is 12.2. The van der Waals surface area contributed by atoms with Crippen molar-refractivity contribution in [1.82, 2.24) is 0 Å². The molecule has 0 bridgehead atoms. The van der Waals surface area contributed by atoms with Crippen molar-refractivity contribution in [3.63, 3.8) is 0 Å². The van der Waals surface area contributed by atoms with Gasteiger partial charge in [-0.1, -0.05) is 17.7 Å². The van der Waals surface area contributed by atoms with Crippen LogP contribution in [0.3, 0.4) is 0 Å². The number of amides is 1. The Hall–Kier alpha value is -2.24. The van der Waals surface area contributed by atoms with E-state index in [4.69, 9.17) is 26.8 Å². The van der Waals surface area contributed by atoms with Gasteiger partial charge in [-0.2, -0.15) is 0 Å². The summed E-state index contributed by atoms with van der Waals surface area (Å²) in [5.74, 6) is 1.28. The Balaban J connectivity index is 1.70. The van der Waals surface area contributed by atoms with E-state index in [2.05, 4.69) is 0 Å². The van der Waals surface area contributed by atoms with Crippen LogP contribution in [0.15, 0.2) is 42.5 Å². The summed E-state index contributed by atoms with van der Waals surface area (Å²) in [5, 5.41) is 0.626. The molecule has 6 heteroatoms. The minimum atomic E-state index is -0.559. The lowest BCUT2D eigenvalue weighted by molar-refractivity contribution is -0.126. The maximum atomic E-state index is 12.2. The number of hydrogen-bond donors (Lipinski definition) is 1. The van der Waals surface area contributed by atoms with Gasteiger partial charge in [0, 0.05) is 10.7 Å². The molecule has 5 nitrogen and oxygen atoms in total. The van der Waals surface area contributed by atoms with Crippen molar-refractivity contribution in [2.45, 2.75) is 12.1 Å². The molecule has 4 rings (SSSR count). The first kappa shape index (κ1) is 13.4. The van der Waals surface area contributed by atoms with E-state index in [-0.39, 0.29) is 18.7 Å². The molecular weight excluding hydrogens is 304 g/mol. The highest BCUT2D eigenvalue weighted by atomic mass is 35.5. The van der Waals surface area contributed by atoms with E-state index in [1.807, 2.05) is 30.3 Å². The molecule has 2 aliphatic heterocycles. The van der Waals surface area contributed by atoms with Gasteiger partial charge < -0.3 is 20.1 Å². The molecule has 0 spiro atoms. The lowest BCUT2D eigenvalue weighted by Crippen LogP contribution is -2.63. The average molecular weight is 317 g/mol. The molecule has 2 atom stereocenters. The molecule has 0 radical (unpaired) electrons. The largest absolute Gasteiger partial charge is 0.454 e. The predicted molar refractivity (Wildman–Crippen MR) is 82.2 cm³/mol. The molecule has 0 saturated carbocycles. The van der Waals surface area contributed by atoms with E-state index in [1.165, 1.54) is 0 Å². The number of carbonyl (C=O) groups is 1. The van der Waals surface area contributed by atoms with E-state index in [1.54, 1.807) is 17.0 Å². The van der Waals surface area contributed by atoms with Crippen LogP contribution in [0.4, 0.5) is 5.69 Å².